The predicted molar refractivity (Wildman–Crippen MR) is 128 cm³/mol. The van der Waals surface area contributed by atoms with E-state index in [4.69, 9.17) is 11.5 Å². The fourth-order valence-corrected chi connectivity index (χ4v) is 3.45. The van der Waals surface area contributed by atoms with Crippen molar-refractivity contribution in [3.05, 3.63) is 36.0 Å². The minimum absolute atomic E-state index is 0.0697. The second kappa shape index (κ2) is 12.7. The van der Waals surface area contributed by atoms with E-state index in [9.17, 15) is 24.3 Å². The molecule has 0 aliphatic rings. The Hall–Kier alpha value is -3.44. The lowest BCUT2D eigenvalue weighted by Crippen LogP contribution is -2.55. The molecule has 0 bridgehead atoms. The zero-order valence-electron chi connectivity index (χ0n) is 19.5. The number of nitrogens with two attached hydrogens (primary N) is 2. The molecule has 0 aliphatic carbocycles. The van der Waals surface area contributed by atoms with Crippen molar-refractivity contribution in [3.63, 3.8) is 0 Å². The van der Waals surface area contributed by atoms with Gasteiger partial charge in [-0.15, -0.1) is 0 Å². The number of aliphatic carboxylic acids is 1. The molecule has 3 amide bonds. The summed E-state index contributed by atoms with van der Waals surface area (Å²) in [6, 6.07) is 3.56. The van der Waals surface area contributed by atoms with Crippen LogP contribution in [0.3, 0.4) is 0 Å². The summed E-state index contributed by atoms with van der Waals surface area (Å²) >= 11 is 0. The molecule has 11 nitrogen and oxygen atoms in total. The molecule has 186 valence electrons. The molecule has 0 radical (unpaired) electrons. The molecular formula is C23H34N6O5. The fraction of sp³-hybridized carbons (Fsp3) is 0.478. The number of rotatable bonds is 13. The van der Waals surface area contributed by atoms with Crippen LogP contribution in [0.4, 0.5) is 0 Å². The van der Waals surface area contributed by atoms with E-state index in [-0.39, 0.29) is 6.42 Å². The first-order valence-corrected chi connectivity index (χ1v) is 11.3. The maximum Gasteiger partial charge on any atom is 0.326 e. The first kappa shape index (κ1) is 26.8. The summed E-state index contributed by atoms with van der Waals surface area (Å²) in [5, 5.41) is 17.9. The van der Waals surface area contributed by atoms with E-state index < -0.39 is 47.9 Å². The minimum Gasteiger partial charge on any atom is -0.480 e. The molecule has 4 atom stereocenters. The van der Waals surface area contributed by atoms with E-state index in [0.717, 1.165) is 22.9 Å². The lowest BCUT2D eigenvalue weighted by Gasteiger charge is -2.21. The van der Waals surface area contributed by atoms with Gasteiger partial charge < -0.3 is 37.5 Å². The number of hydrogen-bond donors (Lipinski definition) is 7. The normalized spacial score (nSPS) is 14.6. The average Bonchev–Trinajstić information content (AvgIpc) is 3.21. The van der Waals surface area contributed by atoms with Gasteiger partial charge in [0.25, 0.3) is 0 Å². The van der Waals surface area contributed by atoms with E-state index in [1.54, 1.807) is 6.20 Å². The van der Waals surface area contributed by atoms with E-state index in [1.165, 1.54) is 13.8 Å². The van der Waals surface area contributed by atoms with Crippen molar-refractivity contribution >= 4 is 34.6 Å². The second-order valence-corrected chi connectivity index (χ2v) is 8.31. The number of para-hydroxylation sites is 1. The molecule has 0 spiro atoms. The monoisotopic (exact) mass is 474 g/mol. The smallest absolute Gasteiger partial charge is 0.326 e. The van der Waals surface area contributed by atoms with Gasteiger partial charge in [-0.25, -0.2) is 4.79 Å². The highest BCUT2D eigenvalue weighted by Gasteiger charge is 2.27. The summed E-state index contributed by atoms with van der Waals surface area (Å²) in [5.74, 6) is -2.91. The number of carbonyl (C=O) groups excluding carboxylic acids is 3. The number of fused-ring (bicyclic) bond motifs is 1. The van der Waals surface area contributed by atoms with Gasteiger partial charge in [0.2, 0.25) is 17.7 Å². The molecular weight excluding hydrogens is 440 g/mol. The Balaban J connectivity index is 1.89. The summed E-state index contributed by atoms with van der Waals surface area (Å²) in [6.45, 7) is 3.42. The number of aromatic amines is 1. The van der Waals surface area contributed by atoms with Crippen LogP contribution in [0.15, 0.2) is 30.5 Å². The standard InChI is InChI=1S/C23H34N6O5/c1-13(28-22(32)17(25)8-5-6-10-24)20(30)27-14(2)21(31)29-19(23(33)34)11-15-12-26-18-9-4-3-7-16(15)18/h3-4,7,9,12-14,17,19,26H,5-6,8,10-11,24-25H2,1-2H3,(H,27,30)(H,28,32)(H,29,31)(H,33,34). The Kier molecular flexibility index (Phi) is 10.0. The van der Waals surface area contributed by atoms with Crippen molar-refractivity contribution in [2.75, 3.05) is 6.54 Å². The third-order valence-electron chi connectivity index (χ3n) is 5.52. The lowest BCUT2D eigenvalue weighted by molar-refractivity contribution is -0.142. The third-order valence-corrected chi connectivity index (χ3v) is 5.52. The molecule has 9 N–H and O–H groups in total. The Bertz CT molecular complexity index is 1010. The van der Waals surface area contributed by atoms with E-state index >= 15 is 0 Å². The van der Waals surface area contributed by atoms with Crippen LogP contribution in [-0.4, -0.2) is 64.5 Å². The topological polar surface area (TPSA) is 192 Å². The molecule has 0 saturated heterocycles. The van der Waals surface area contributed by atoms with Crippen LogP contribution in [0.1, 0.15) is 38.7 Å². The first-order chi connectivity index (χ1) is 16.1. The number of carboxylic acids is 1. The molecule has 4 unspecified atom stereocenters. The summed E-state index contributed by atoms with van der Waals surface area (Å²) in [4.78, 5) is 52.0. The molecule has 1 aromatic carbocycles. The Morgan fingerprint density at radius 3 is 2.24 bits per heavy atom. The molecule has 11 heteroatoms. The number of aromatic nitrogens is 1. The molecule has 1 aromatic heterocycles. The number of unbranched alkanes of at least 4 members (excludes halogenated alkanes) is 1. The van der Waals surface area contributed by atoms with Crippen LogP contribution in [0, 0.1) is 0 Å². The third kappa shape index (κ3) is 7.56. The van der Waals surface area contributed by atoms with Gasteiger partial charge in [-0.05, 0) is 44.9 Å². The summed E-state index contributed by atoms with van der Waals surface area (Å²) in [6.07, 6.45) is 3.68. The number of benzene rings is 1. The fourth-order valence-electron chi connectivity index (χ4n) is 3.45. The molecule has 2 rings (SSSR count). The van der Waals surface area contributed by atoms with E-state index in [0.29, 0.717) is 19.4 Å². The van der Waals surface area contributed by atoms with Crippen LogP contribution in [0.25, 0.3) is 10.9 Å². The van der Waals surface area contributed by atoms with Gasteiger partial charge >= 0.3 is 5.97 Å². The molecule has 0 aliphatic heterocycles. The number of amides is 3. The molecule has 2 aromatic rings. The number of H-pyrrole nitrogens is 1. The minimum atomic E-state index is -1.19. The molecule has 0 saturated carbocycles. The van der Waals surface area contributed by atoms with Gasteiger partial charge in [0.1, 0.15) is 18.1 Å². The number of nitrogens with one attached hydrogen (secondary N) is 4. The van der Waals surface area contributed by atoms with Gasteiger partial charge in [-0.2, -0.15) is 0 Å². The van der Waals surface area contributed by atoms with Crippen LogP contribution in [0.2, 0.25) is 0 Å². The maximum atomic E-state index is 12.6. The van der Waals surface area contributed by atoms with Crippen molar-refractivity contribution in [1.82, 2.24) is 20.9 Å². The van der Waals surface area contributed by atoms with Gasteiger partial charge in [0.15, 0.2) is 0 Å². The summed E-state index contributed by atoms with van der Waals surface area (Å²) in [5.41, 5.74) is 12.9. The van der Waals surface area contributed by atoms with Crippen LogP contribution in [0.5, 0.6) is 0 Å². The van der Waals surface area contributed by atoms with Gasteiger partial charge in [-0.3, -0.25) is 14.4 Å². The molecule has 34 heavy (non-hydrogen) atoms. The van der Waals surface area contributed by atoms with Crippen molar-refractivity contribution in [1.29, 1.82) is 0 Å². The highest BCUT2D eigenvalue weighted by Crippen LogP contribution is 2.19. The largest absolute Gasteiger partial charge is 0.480 e. The summed E-state index contributed by atoms with van der Waals surface area (Å²) in [7, 11) is 0. The Morgan fingerprint density at radius 1 is 0.971 bits per heavy atom. The van der Waals surface area contributed by atoms with E-state index in [2.05, 4.69) is 20.9 Å². The van der Waals surface area contributed by atoms with Gasteiger partial charge in [0.05, 0.1) is 6.04 Å². The van der Waals surface area contributed by atoms with Crippen LogP contribution in [-0.2, 0) is 25.6 Å². The zero-order valence-corrected chi connectivity index (χ0v) is 19.5. The maximum absolute atomic E-state index is 12.6. The Labute approximate surface area is 198 Å². The van der Waals surface area contributed by atoms with Crippen molar-refractivity contribution in [3.8, 4) is 0 Å². The zero-order chi connectivity index (χ0) is 25.3. The highest BCUT2D eigenvalue weighted by molar-refractivity contribution is 5.94. The van der Waals surface area contributed by atoms with Crippen molar-refractivity contribution in [2.24, 2.45) is 11.5 Å². The lowest BCUT2D eigenvalue weighted by atomic mass is 10.0. The number of carbonyl (C=O) groups is 4. The van der Waals surface area contributed by atoms with Gasteiger partial charge in [-0.1, -0.05) is 24.6 Å². The van der Waals surface area contributed by atoms with Crippen molar-refractivity contribution in [2.45, 2.75) is 63.7 Å². The Morgan fingerprint density at radius 2 is 1.59 bits per heavy atom. The molecule has 0 fully saturated rings. The first-order valence-electron chi connectivity index (χ1n) is 11.3. The summed E-state index contributed by atoms with van der Waals surface area (Å²) < 4.78 is 0. The average molecular weight is 475 g/mol. The second-order valence-electron chi connectivity index (χ2n) is 8.31. The SMILES string of the molecule is CC(NC(=O)C(N)CCCCN)C(=O)NC(C)C(=O)NC(Cc1c[nH]c2ccccc12)C(=O)O. The van der Waals surface area contributed by atoms with E-state index in [1.807, 2.05) is 24.3 Å². The predicted octanol–water partition coefficient (Wildman–Crippen LogP) is -0.254. The van der Waals surface area contributed by atoms with Crippen molar-refractivity contribution < 1.29 is 24.3 Å². The van der Waals surface area contributed by atoms with Gasteiger partial charge in [0, 0.05) is 23.5 Å². The van der Waals surface area contributed by atoms with Crippen LogP contribution < -0.4 is 27.4 Å². The number of carboxylic acid groups (broad SMARTS) is 1. The quantitative estimate of drug-likeness (QED) is 0.194. The number of hydrogen-bond acceptors (Lipinski definition) is 6. The highest BCUT2D eigenvalue weighted by atomic mass is 16.4. The molecule has 1 heterocycles. The van der Waals surface area contributed by atoms with Crippen LogP contribution >= 0.6 is 0 Å².